The lowest BCUT2D eigenvalue weighted by atomic mass is 10.1. The third-order valence-electron chi connectivity index (χ3n) is 6.09. The average Bonchev–Trinajstić information content (AvgIpc) is 3.32. The first-order valence-electron chi connectivity index (χ1n) is 12.0. The van der Waals surface area contributed by atoms with E-state index in [1.165, 1.54) is 11.1 Å². The third kappa shape index (κ3) is 5.80. The number of carbonyl (C=O) groups is 2. The molecule has 4 rings (SSSR count). The highest BCUT2D eigenvalue weighted by atomic mass is 16.5. The second kappa shape index (κ2) is 11.2. The summed E-state index contributed by atoms with van der Waals surface area (Å²) in [7, 11) is 0. The summed E-state index contributed by atoms with van der Waals surface area (Å²) in [6.45, 7) is 9.28. The van der Waals surface area contributed by atoms with E-state index in [-0.39, 0.29) is 18.4 Å². The number of nitrogens with zero attached hydrogens (tertiary/aromatic N) is 2. The Bertz CT molecular complexity index is 1020. The number of hydrogen-bond donors (Lipinski definition) is 1. The van der Waals surface area contributed by atoms with Crippen LogP contribution in [0.3, 0.4) is 0 Å². The fourth-order valence-corrected chi connectivity index (χ4v) is 4.31. The van der Waals surface area contributed by atoms with E-state index < -0.39 is 0 Å². The average molecular weight is 468 g/mol. The highest BCUT2D eigenvalue weighted by Crippen LogP contribution is 2.29. The van der Waals surface area contributed by atoms with Gasteiger partial charge in [0.15, 0.2) is 11.5 Å². The van der Waals surface area contributed by atoms with Crippen LogP contribution in [0, 0.1) is 0 Å². The van der Waals surface area contributed by atoms with Crippen molar-refractivity contribution in [1.82, 2.24) is 15.1 Å². The zero-order valence-corrected chi connectivity index (χ0v) is 20.0. The van der Waals surface area contributed by atoms with E-state index in [0.29, 0.717) is 43.4 Å². The Morgan fingerprint density at radius 2 is 1.74 bits per heavy atom. The topological polar surface area (TPSA) is 80.3 Å². The Kier molecular flexibility index (Phi) is 7.90. The molecule has 0 unspecified atom stereocenters. The number of ether oxygens (including phenoxy) is 3. The van der Waals surface area contributed by atoms with Crippen molar-refractivity contribution in [2.45, 2.75) is 26.8 Å². The molecule has 1 saturated heterocycles. The molecule has 182 valence electrons. The molecule has 0 aliphatic carbocycles. The number of hydrogen-bond acceptors (Lipinski definition) is 6. The van der Waals surface area contributed by atoms with Gasteiger partial charge in [0, 0.05) is 44.7 Å². The lowest BCUT2D eigenvalue weighted by Crippen LogP contribution is -2.50. The Hall–Kier alpha value is -3.26. The number of benzene rings is 2. The van der Waals surface area contributed by atoms with Gasteiger partial charge in [-0.3, -0.25) is 14.5 Å². The van der Waals surface area contributed by atoms with Crippen molar-refractivity contribution in [3.05, 3.63) is 53.1 Å². The maximum Gasteiger partial charge on any atom is 0.251 e. The Morgan fingerprint density at radius 3 is 2.50 bits per heavy atom. The molecule has 1 fully saturated rings. The van der Waals surface area contributed by atoms with Crippen LogP contribution >= 0.6 is 0 Å². The van der Waals surface area contributed by atoms with Crippen molar-refractivity contribution in [3.8, 4) is 17.2 Å². The molecule has 0 aromatic heterocycles. The van der Waals surface area contributed by atoms with Gasteiger partial charge in [-0.25, -0.2) is 0 Å². The number of carbonyl (C=O) groups excluding carboxylic acids is 2. The Morgan fingerprint density at radius 1 is 0.971 bits per heavy atom. The predicted molar refractivity (Wildman–Crippen MR) is 129 cm³/mol. The summed E-state index contributed by atoms with van der Waals surface area (Å²) >= 11 is 0. The molecule has 2 aliphatic rings. The van der Waals surface area contributed by atoms with Crippen LogP contribution in [0.25, 0.3) is 0 Å². The summed E-state index contributed by atoms with van der Waals surface area (Å²) in [5.74, 6) is 1.74. The monoisotopic (exact) mass is 467 g/mol. The molecule has 2 aromatic rings. The molecule has 0 radical (unpaired) electrons. The quantitative estimate of drug-likeness (QED) is 0.611. The van der Waals surface area contributed by atoms with Gasteiger partial charge in [0.25, 0.3) is 5.91 Å². The van der Waals surface area contributed by atoms with E-state index in [0.717, 1.165) is 38.4 Å². The molecule has 1 N–H and O–H groups in total. The van der Waals surface area contributed by atoms with Gasteiger partial charge in [-0.1, -0.05) is 12.1 Å². The Balaban J connectivity index is 1.24. The van der Waals surface area contributed by atoms with Crippen LogP contribution in [0.5, 0.6) is 17.2 Å². The number of fused-ring (bicyclic) bond motifs is 1. The van der Waals surface area contributed by atoms with Gasteiger partial charge >= 0.3 is 0 Å². The van der Waals surface area contributed by atoms with Gasteiger partial charge in [-0.05, 0) is 49.2 Å². The standard InChI is InChI=1S/C26H33N3O5/c1-3-32-23-8-6-21(16-24(23)33-4-2)26(31)27-17-25(30)29-12-10-28(11-13-29)18-19-5-7-22-20(15-19)9-14-34-22/h5-8,15-16H,3-4,9-14,17-18H2,1-2H3,(H,27,31). The van der Waals surface area contributed by atoms with Gasteiger partial charge in [-0.2, -0.15) is 0 Å². The first-order valence-corrected chi connectivity index (χ1v) is 12.0. The first-order chi connectivity index (χ1) is 16.6. The summed E-state index contributed by atoms with van der Waals surface area (Å²) in [6.07, 6.45) is 0.973. The van der Waals surface area contributed by atoms with E-state index in [1.54, 1.807) is 18.2 Å². The molecule has 2 aromatic carbocycles. The van der Waals surface area contributed by atoms with Crippen molar-refractivity contribution < 1.29 is 23.8 Å². The van der Waals surface area contributed by atoms with Gasteiger partial charge in [0.05, 0.1) is 26.4 Å². The molecule has 2 heterocycles. The first kappa shape index (κ1) is 23.9. The molecule has 8 nitrogen and oxygen atoms in total. The number of piperazine rings is 1. The highest BCUT2D eigenvalue weighted by molar-refractivity contribution is 5.97. The lowest BCUT2D eigenvalue weighted by Gasteiger charge is -2.34. The largest absolute Gasteiger partial charge is 0.493 e. The van der Waals surface area contributed by atoms with Crippen LogP contribution in [0.2, 0.25) is 0 Å². The second-order valence-electron chi connectivity index (χ2n) is 8.41. The fraction of sp³-hybridized carbons (Fsp3) is 0.462. The molecular weight excluding hydrogens is 434 g/mol. The molecule has 2 aliphatic heterocycles. The minimum atomic E-state index is -0.309. The smallest absolute Gasteiger partial charge is 0.251 e. The normalized spacial score (nSPS) is 15.4. The SMILES string of the molecule is CCOc1ccc(C(=O)NCC(=O)N2CCN(Cc3ccc4c(c3)CCO4)CC2)cc1OCC. The van der Waals surface area contributed by atoms with Gasteiger partial charge in [0.2, 0.25) is 5.91 Å². The van der Waals surface area contributed by atoms with Crippen LogP contribution in [0.1, 0.15) is 35.3 Å². The van der Waals surface area contributed by atoms with Crippen molar-refractivity contribution in [3.63, 3.8) is 0 Å². The maximum atomic E-state index is 12.7. The van der Waals surface area contributed by atoms with Crippen LogP contribution in [-0.4, -0.2) is 74.2 Å². The number of nitrogens with one attached hydrogen (secondary N) is 1. The minimum absolute atomic E-state index is 0.0269. The van der Waals surface area contributed by atoms with Gasteiger partial charge < -0.3 is 24.4 Å². The molecule has 2 amide bonds. The highest BCUT2D eigenvalue weighted by Gasteiger charge is 2.22. The van der Waals surface area contributed by atoms with Crippen molar-refractivity contribution in [1.29, 1.82) is 0 Å². The second-order valence-corrected chi connectivity index (χ2v) is 8.41. The van der Waals surface area contributed by atoms with Crippen LogP contribution in [0.4, 0.5) is 0 Å². The summed E-state index contributed by atoms with van der Waals surface area (Å²) in [6, 6.07) is 11.5. The summed E-state index contributed by atoms with van der Waals surface area (Å²) in [4.78, 5) is 29.4. The van der Waals surface area contributed by atoms with E-state index in [2.05, 4.69) is 28.4 Å². The van der Waals surface area contributed by atoms with Crippen LogP contribution in [-0.2, 0) is 17.8 Å². The van der Waals surface area contributed by atoms with Crippen LogP contribution < -0.4 is 19.5 Å². The van der Waals surface area contributed by atoms with Gasteiger partial charge in [0.1, 0.15) is 5.75 Å². The number of rotatable bonds is 9. The third-order valence-corrected chi connectivity index (χ3v) is 6.09. The van der Waals surface area contributed by atoms with E-state index in [9.17, 15) is 9.59 Å². The Labute approximate surface area is 200 Å². The van der Waals surface area contributed by atoms with Gasteiger partial charge in [-0.15, -0.1) is 0 Å². The molecule has 0 saturated carbocycles. The molecule has 8 heteroatoms. The summed E-state index contributed by atoms with van der Waals surface area (Å²) in [5.41, 5.74) is 2.99. The maximum absolute atomic E-state index is 12.7. The molecule has 0 atom stereocenters. The van der Waals surface area contributed by atoms with E-state index in [4.69, 9.17) is 14.2 Å². The summed E-state index contributed by atoms with van der Waals surface area (Å²) in [5, 5.41) is 2.74. The minimum Gasteiger partial charge on any atom is -0.493 e. The van der Waals surface area contributed by atoms with Crippen molar-refractivity contribution >= 4 is 11.8 Å². The molecular formula is C26H33N3O5. The van der Waals surface area contributed by atoms with Crippen molar-refractivity contribution in [2.75, 3.05) is 52.5 Å². The molecule has 0 bridgehead atoms. The zero-order chi connectivity index (χ0) is 23.9. The predicted octanol–water partition coefficient (Wildman–Crippen LogP) is 2.49. The molecule has 0 spiro atoms. The zero-order valence-electron chi connectivity index (χ0n) is 20.0. The van der Waals surface area contributed by atoms with Crippen LogP contribution in [0.15, 0.2) is 36.4 Å². The molecule has 34 heavy (non-hydrogen) atoms. The van der Waals surface area contributed by atoms with E-state index in [1.807, 2.05) is 18.7 Å². The lowest BCUT2D eigenvalue weighted by molar-refractivity contribution is -0.131. The van der Waals surface area contributed by atoms with Crippen molar-refractivity contribution in [2.24, 2.45) is 0 Å². The fourth-order valence-electron chi connectivity index (χ4n) is 4.31. The number of amides is 2. The summed E-state index contributed by atoms with van der Waals surface area (Å²) < 4.78 is 16.7. The van der Waals surface area contributed by atoms with E-state index >= 15 is 0 Å².